The third kappa shape index (κ3) is 52.1. The summed E-state index contributed by atoms with van der Waals surface area (Å²) in [4.78, 5) is 41.0. The van der Waals surface area contributed by atoms with Crippen LogP contribution in [-0.2, 0) is 14.5 Å². The highest BCUT2D eigenvalue weighted by molar-refractivity contribution is 4.69. The minimum absolute atomic E-state index is 0. The van der Waals surface area contributed by atoms with E-state index >= 15 is 0 Å². The van der Waals surface area contributed by atoms with E-state index in [9.17, 15) is 30.3 Å². The maximum absolute atomic E-state index is 9.59. The van der Waals surface area contributed by atoms with Crippen molar-refractivity contribution >= 4 is 0 Å². The standard InChI is InChI=1S/3C5H11N2O3.N/c3*1-6-4-2-3-5-10-7(8)9;/h3*2-5H2,1H3;/q3*-1;+3. The third-order valence-electron chi connectivity index (χ3n) is 2.92. The first-order valence-electron chi connectivity index (χ1n) is 9.30. The number of unbranched alkanes of at least 4 members (excludes halogenated alkanes) is 3. The first-order chi connectivity index (χ1) is 14.3. The third-order valence-corrected chi connectivity index (χ3v) is 2.92. The topological polar surface area (TPSA) is 230 Å². The molecule has 0 unspecified atom stereocenters. The van der Waals surface area contributed by atoms with Crippen LogP contribution in [0.15, 0.2) is 0 Å². The van der Waals surface area contributed by atoms with Crippen molar-refractivity contribution in [2.24, 2.45) is 0 Å². The van der Waals surface area contributed by atoms with Crippen LogP contribution in [0.25, 0.3) is 16.0 Å². The molecule has 0 aromatic carbocycles. The molecule has 0 bridgehead atoms. The van der Waals surface area contributed by atoms with Gasteiger partial charge in [0.1, 0.15) is 0 Å². The molecule has 0 aliphatic rings. The molecule has 0 saturated carbocycles. The van der Waals surface area contributed by atoms with E-state index in [-0.39, 0.29) is 26.0 Å². The summed E-state index contributed by atoms with van der Waals surface area (Å²) >= 11 is 0. The maximum Gasteiger partial charge on any atom is 3.00 e. The van der Waals surface area contributed by atoms with E-state index in [2.05, 4.69) is 30.5 Å². The fraction of sp³-hybridized carbons (Fsp3) is 1.00. The fourth-order valence-corrected chi connectivity index (χ4v) is 1.53. The Labute approximate surface area is 182 Å². The van der Waals surface area contributed by atoms with Gasteiger partial charge in [0.05, 0.1) is 19.8 Å². The molecule has 182 valence electrons. The first kappa shape index (κ1) is 35.6. The molecule has 0 spiro atoms. The van der Waals surface area contributed by atoms with Crippen LogP contribution in [-0.4, -0.2) is 75.9 Å². The number of nitrogens with zero attached hydrogens (tertiary/aromatic N) is 7. The molecule has 0 aromatic heterocycles. The summed E-state index contributed by atoms with van der Waals surface area (Å²) in [5.41, 5.74) is 0. The predicted octanol–water partition coefficient (Wildman–Crippen LogP) is 2.45. The molecular formula is C15H33N7O9. The van der Waals surface area contributed by atoms with Crippen LogP contribution in [0.4, 0.5) is 0 Å². The largest absolute Gasteiger partial charge is 3.00 e. The highest BCUT2D eigenvalue weighted by atomic mass is 17.0. The zero-order valence-corrected chi connectivity index (χ0v) is 18.3. The Morgan fingerprint density at radius 3 is 0.935 bits per heavy atom. The van der Waals surface area contributed by atoms with Gasteiger partial charge in [0.25, 0.3) is 15.3 Å². The lowest BCUT2D eigenvalue weighted by atomic mass is 10.3. The number of hydrogen-bond donors (Lipinski definition) is 0. The van der Waals surface area contributed by atoms with Crippen LogP contribution in [0.3, 0.4) is 0 Å². The molecule has 0 heterocycles. The Kier molecular flexibility index (Phi) is 36.6. The van der Waals surface area contributed by atoms with Crippen LogP contribution in [0, 0.1) is 30.3 Å². The van der Waals surface area contributed by atoms with E-state index in [1.54, 1.807) is 21.1 Å². The van der Waals surface area contributed by atoms with E-state index in [4.69, 9.17) is 0 Å². The van der Waals surface area contributed by atoms with Gasteiger partial charge in [0, 0.05) is 0 Å². The Hall–Kier alpha value is -2.81. The second-order valence-corrected chi connectivity index (χ2v) is 5.41. The summed E-state index contributed by atoms with van der Waals surface area (Å²) in [6.45, 7) is 2.80. The highest BCUT2D eigenvalue weighted by Gasteiger charge is 3.00. The molecule has 0 saturated heterocycles. The molecule has 0 amide bonds. The van der Waals surface area contributed by atoms with Crippen molar-refractivity contribution in [2.45, 2.75) is 38.5 Å². The van der Waals surface area contributed by atoms with E-state index in [1.165, 1.54) is 0 Å². The lowest BCUT2D eigenvalue weighted by Gasteiger charge is -2.08. The average molecular weight is 455 g/mol. The minimum Gasteiger partial charge on any atom is -0.665 e. The Bertz CT molecular complexity index is 350. The lowest BCUT2D eigenvalue weighted by Crippen LogP contribution is -2.02. The summed E-state index contributed by atoms with van der Waals surface area (Å²) in [6, 6.07) is 0. The highest BCUT2D eigenvalue weighted by Crippen LogP contribution is 1.94. The van der Waals surface area contributed by atoms with Gasteiger partial charge in [0.15, 0.2) is 0 Å². The Morgan fingerprint density at radius 2 is 0.774 bits per heavy atom. The van der Waals surface area contributed by atoms with Crippen molar-refractivity contribution in [2.75, 3.05) is 60.6 Å². The maximum atomic E-state index is 9.59. The zero-order valence-electron chi connectivity index (χ0n) is 18.3. The quantitative estimate of drug-likeness (QED) is 0.167. The van der Waals surface area contributed by atoms with Crippen LogP contribution in [0.2, 0.25) is 0 Å². The van der Waals surface area contributed by atoms with E-state index in [1.807, 2.05) is 0 Å². The van der Waals surface area contributed by atoms with Crippen LogP contribution >= 0.6 is 0 Å². The molecule has 2 radical (unpaired) electrons. The second kappa shape index (κ2) is 31.9. The molecular weight excluding hydrogens is 422 g/mol. The van der Waals surface area contributed by atoms with Crippen LogP contribution in [0.5, 0.6) is 0 Å². The van der Waals surface area contributed by atoms with Gasteiger partial charge in [0.2, 0.25) is 0 Å². The molecule has 31 heavy (non-hydrogen) atoms. The molecule has 16 heteroatoms. The lowest BCUT2D eigenvalue weighted by molar-refractivity contribution is -0.757. The Balaban J connectivity index is -0.000000174. The SMILES string of the molecule is C[N-]CCCCO[N+](=O)[O-].C[N-]CCCCO[N+](=O)[O-].C[N-]CCCCO[N+](=O)[O-].[N+3]. The van der Waals surface area contributed by atoms with Gasteiger partial charge in [-0.15, -0.1) is 50.0 Å². The summed E-state index contributed by atoms with van der Waals surface area (Å²) < 4.78 is 0. The van der Waals surface area contributed by atoms with Crippen molar-refractivity contribution in [1.29, 1.82) is 0 Å². The molecule has 16 nitrogen and oxygen atoms in total. The Morgan fingerprint density at radius 1 is 0.548 bits per heavy atom. The van der Waals surface area contributed by atoms with Gasteiger partial charge < -0.3 is 30.5 Å². The van der Waals surface area contributed by atoms with Gasteiger partial charge in [-0.1, -0.05) is 19.3 Å². The summed E-state index contributed by atoms with van der Waals surface area (Å²) in [5, 5.41) is 37.9. The normalized spacial score (nSPS) is 9.00. The van der Waals surface area contributed by atoms with Crippen molar-refractivity contribution in [3.63, 3.8) is 0 Å². The second-order valence-electron chi connectivity index (χ2n) is 5.41. The van der Waals surface area contributed by atoms with E-state index < -0.39 is 15.3 Å². The van der Waals surface area contributed by atoms with E-state index in [0.29, 0.717) is 19.3 Å². The molecule has 0 fully saturated rings. The summed E-state index contributed by atoms with van der Waals surface area (Å²) in [6.07, 6.45) is 4.63. The first-order valence-corrected chi connectivity index (χ1v) is 9.30. The zero-order chi connectivity index (χ0) is 23.5. The molecule has 0 N–H and O–H groups in total. The predicted molar refractivity (Wildman–Crippen MR) is 111 cm³/mol. The number of rotatable bonds is 18. The monoisotopic (exact) mass is 455 g/mol. The summed E-state index contributed by atoms with van der Waals surface area (Å²) in [7, 11) is 5.15. The van der Waals surface area contributed by atoms with Crippen molar-refractivity contribution < 1.29 is 29.8 Å². The van der Waals surface area contributed by atoms with Gasteiger partial charge >= 0.3 is 6.15 Å². The number of hydrogen-bond acceptors (Lipinski definition) is 9. The molecule has 0 aliphatic heterocycles. The summed E-state index contributed by atoms with van der Waals surface area (Å²) in [5.74, 6) is 0. The van der Waals surface area contributed by atoms with Crippen molar-refractivity contribution in [1.82, 2.24) is 6.15 Å². The van der Waals surface area contributed by atoms with Gasteiger partial charge in [-0.05, 0) is 19.3 Å². The van der Waals surface area contributed by atoms with Gasteiger partial charge in [-0.3, -0.25) is 0 Å². The molecule has 0 atom stereocenters. The van der Waals surface area contributed by atoms with Crippen LogP contribution in [0.1, 0.15) is 38.5 Å². The average Bonchev–Trinajstić information content (AvgIpc) is 2.68. The van der Waals surface area contributed by atoms with Crippen LogP contribution < -0.4 is 6.15 Å². The molecule has 0 aliphatic carbocycles. The van der Waals surface area contributed by atoms with Crippen molar-refractivity contribution in [3.05, 3.63) is 46.3 Å². The minimum atomic E-state index is -0.775. The molecule has 0 rings (SSSR count). The molecule has 0 aromatic rings. The van der Waals surface area contributed by atoms with Gasteiger partial charge in [-0.25, -0.2) is 0 Å². The fourth-order valence-electron chi connectivity index (χ4n) is 1.53. The smallest absolute Gasteiger partial charge is 0.665 e. The van der Waals surface area contributed by atoms with Crippen molar-refractivity contribution in [3.8, 4) is 0 Å². The van der Waals surface area contributed by atoms with E-state index in [0.717, 1.165) is 38.9 Å². The van der Waals surface area contributed by atoms with Gasteiger partial charge in [-0.2, -0.15) is 21.1 Å².